The zero-order chi connectivity index (χ0) is 10.6. The summed E-state index contributed by atoms with van der Waals surface area (Å²) in [6.07, 6.45) is 1.19. The van der Waals surface area contributed by atoms with E-state index < -0.39 is 0 Å². The zero-order valence-corrected chi connectivity index (χ0v) is 10.4. The maximum atomic E-state index is 11.2. The van der Waals surface area contributed by atoms with E-state index >= 15 is 0 Å². The van der Waals surface area contributed by atoms with Crippen LogP contribution in [0.4, 0.5) is 0 Å². The van der Waals surface area contributed by atoms with E-state index in [9.17, 15) is 4.79 Å². The molecular formula is C10H15NOS2. The molecule has 2 nitrogen and oxygen atoms in total. The summed E-state index contributed by atoms with van der Waals surface area (Å²) in [4.78, 5) is 16.4. The average Bonchev–Trinajstić information content (AvgIpc) is 2.47. The van der Waals surface area contributed by atoms with Crippen molar-refractivity contribution in [1.82, 2.24) is 4.98 Å². The minimum atomic E-state index is 0.131. The number of thioether (sulfide) groups is 1. The van der Waals surface area contributed by atoms with Crippen molar-refractivity contribution in [2.24, 2.45) is 0 Å². The lowest BCUT2D eigenvalue weighted by molar-refractivity contribution is 0.102. The van der Waals surface area contributed by atoms with Gasteiger partial charge >= 0.3 is 0 Å². The number of rotatable bonds is 5. The fourth-order valence-corrected chi connectivity index (χ4v) is 3.06. The van der Waals surface area contributed by atoms with Crippen LogP contribution in [0.5, 0.6) is 0 Å². The highest BCUT2D eigenvalue weighted by atomic mass is 32.2. The Morgan fingerprint density at radius 2 is 2.29 bits per heavy atom. The van der Waals surface area contributed by atoms with Crippen LogP contribution in [0.25, 0.3) is 0 Å². The van der Waals surface area contributed by atoms with Crippen LogP contribution in [0.3, 0.4) is 0 Å². The van der Waals surface area contributed by atoms with E-state index in [1.807, 2.05) is 18.7 Å². The van der Waals surface area contributed by atoms with Crippen LogP contribution >= 0.6 is 23.1 Å². The van der Waals surface area contributed by atoms with Gasteiger partial charge in [-0.05, 0) is 19.1 Å². The van der Waals surface area contributed by atoms with Gasteiger partial charge in [0, 0.05) is 12.7 Å². The number of aryl methyl sites for hydroxylation is 1. The lowest BCUT2D eigenvalue weighted by Gasteiger charge is -1.93. The van der Waals surface area contributed by atoms with Crippen molar-refractivity contribution in [1.29, 1.82) is 0 Å². The number of hydrogen-bond acceptors (Lipinski definition) is 4. The molecule has 78 valence electrons. The van der Waals surface area contributed by atoms with E-state index in [0.717, 1.165) is 27.1 Å². The molecule has 0 aliphatic carbocycles. The highest BCUT2D eigenvalue weighted by Gasteiger charge is 2.10. The maximum absolute atomic E-state index is 11.2. The molecule has 0 fully saturated rings. The Kier molecular flexibility index (Phi) is 4.62. The first-order valence-corrected chi connectivity index (χ1v) is 6.67. The van der Waals surface area contributed by atoms with Crippen molar-refractivity contribution < 1.29 is 4.79 Å². The van der Waals surface area contributed by atoms with Crippen LogP contribution in [-0.2, 0) is 5.75 Å². The summed E-state index contributed by atoms with van der Waals surface area (Å²) in [5, 5.41) is 1.08. The molecule has 1 aromatic heterocycles. The smallest absolute Gasteiger partial charge is 0.171 e. The Bertz CT molecular complexity index is 320. The fourth-order valence-electron chi connectivity index (χ4n) is 1.14. The molecule has 0 aromatic carbocycles. The van der Waals surface area contributed by atoms with Gasteiger partial charge in [-0.2, -0.15) is 11.8 Å². The van der Waals surface area contributed by atoms with Gasteiger partial charge in [0.2, 0.25) is 0 Å². The second-order valence-electron chi connectivity index (χ2n) is 3.13. The van der Waals surface area contributed by atoms with E-state index in [2.05, 4.69) is 11.9 Å². The lowest BCUT2D eigenvalue weighted by Crippen LogP contribution is -1.89. The quantitative estimate of drug-likeness (QED) is 0.573. The number of Topliss-reactive ketones (excluding diaryl/α,β-unsaturated/α-hetero) is 1. The Labute approximate surface area is 93.1 Å². The number of carbonyl (C=O) groups excluding carboxylic acids is 1. The Hall–Kier alpha value is -0.350. The second kappa shape index (κ2) is 5.51. The molecule has 0 saturated heterocycles. The predicted octanol–water partition coefficient (Wildman–Crippen LogP) is 3.30. The van der Waals surface area contributed by atoms with Crippen LogP contribution in [0, 0.1) is 6.92 Å². The number of aromatic nitrogens is 1. The van der Waals surface area contributed by atoms with Crippen LogP contribution in [0.2, 0.25) is 0 Å². The Balaban J connectivity index is 2.62. The van der Waals surface area contributed by atoms with Crippen LogP contribution < -0.4 is 0 Å². The van der Waals surface area contributed by atoms with E-state index in [1.165, 1.54) is 17.8 Å². The second-order valence-corrected chi connectivity index (χ2v) is 5.32. The molecule has 0 spiro atoms. The Morgan fingerprint density at radius 3 is 2.79 bits per heavy atom. The number of hydrogen-bond donors (Lipinski definition) is 0. The molecule has 0 aliphatic heterocycles. The van der Waals surface area contributed by atoms with Gasteiger partial charge in [-0.25, -0.2) is 4.98 Å². The molecule has 0 amide bonds. The van der Waals surface area contributed by atoms with Crippen molar-refractivity contribution >= 4 is 28.9 Å². The van der Waals surface area contributed by atoms with Gasteiger partial charge < -0.3 is 0 Å². The van der Waals surface area contributed by atoms with Gasteiger partial charge in [-0.15, -0.1) is 11.3 Å². The molecule has 0 radical (unpaired) electrons. The normalized spacial score (nSPS) is 10.5. The van der Waals surface area contributed by atoms with Crippen molar-refractivity contribution in [3.63, 3.8) is 0 Å². The molecular weight excluding hydrogens is 214 g/mol. The van der Waals surface area contributed by atoms with Gasteiger partial charge in [-0.3, -0.25) is 4.79 Å². The van der Waals surface area contributed by atoms with Crippen molar-refractivity contribution in [3.8, 4) is 0 Å². The SMILES string of the molecule is CCCSCc1nc(C)c(C(C)=O)s1. The van der Waals surface area contributed by atoms with Crippen LogP contribution in [0.1, 0.15) is 40.6 Å². The van der Waals surface area contributed by atoms with Crippen LogP contribution in [0.15, 0.2) is 0 Å². The summed E-state index contributed by atoms with van der Waals surface area (Å²) in [5.74, 6) is 2.23. The van der Waals surface area contributed by atoms with Crippen molar-refractivity contribution in [2.45, 2.75) is 32.9 Å². The van der Waals surface area contributed by atoms with Gasteiger partial charge in [0.15, 0.2) is 5.78 Å². The zero-order valence-electron chi connectivity index (χ0n) is 8.79. The molecule has 0 aliphatic rings. The van der Waals surface area contributed by atoms with E-state index in [-0.39, 0.29) is 5.78 Å². The van der Waals surface area contributed by atoms with Gasteiger partial charge in [0.25, 0.3) is 0 Å². The predicted molar refractivity (Wildman–Crippen MR) is 63.3 cm³/mol. The van der Waals surface area contributed by atoms with Crippen molar-refractivity contribution in [3.05, 3.63) is 15.6 Å². The number of nitrogens with zero attached hydrogens (tertiary/aromatic N) is 1. The van der Waals surface area contributed by atoms with Gasteiger partial charge in [0.05, 0.1) is 10.6 Å². The monoisotopic (exact) mass is 229 g/mol. The fraction of sp³-hybridized carbons (Fsp3) is 0.600. The summed E-state index contributed by atoms with van der Waals surface area (Å²) < 4.78 is 0. The third kappa shape index (κ3) is 3.10. The molecule has 0 atom stereocenters. The summed E-state index contributed by atoms with van der Waals surface area (Å²) in [6, 6.07) is 0. The number of carbonyl (C=O) groups is 1. The first-order chi connectivity index (χ1) is 6.65. The van der Waals surface area contributed by atoms with Crippen LogP contribution in [-0.4, -0.2) is 16.5 Å². The lowest BCUT2D eigenvalue weighted by atomic mass is 10.3. The van der Waals surface area contributed by atoms with E-state index in [0.29, 0.717) is 0 Å². The highest BCUT2D eigenvalue weighted by molar-refractivity contribution is 7.98. The summed E-state index contributed by atoms with van der Waals surface area (Å²) in [7, 11) is 0. The molecule has 1 aromatic rings. The average molecular weight is 229 g/mol. The summed E-state index contributed by atoms with van der Waals surface area (Å²) in [6.45, 7) is 5.67. The third-order valence-electron chi connectivity index (χ3n) is 1.73. The van der Waals surface area contributed by atoms with E-state index in [1.54, 1.807) is 6.92 Å². The van der Waals surface area contributed by atoms with Gasteiger partial charge in [0.1, 0.15) is 5.01 Å². The molecule has 0 saturated carbocycles. The molecule has 0 bridgehead atoms. The molecule has 0 unspecified atom stereocenters. The minimum Gasteiger partial charge on any atom is -0.294 e. The van der Waals surface area contributed by atoms with Gasteiger partial charge in [-0.1, -0.05) is 6.92 Å². The first kappa shape index (κ1) is 11.7. The van der Waals surface area contributed by atoms with E-state index in [4.69, 9.17) is 0 Å². The molecule has 1 rings (SSSR count). The third-order valence-corrected chi connectivity index (χ3v) is 4.35. The first-order valence-electron chi connectivity index (χ1n) is 4.70. The number of ketones is 1. The topological polar surface area (TPSA) is 30.0 Å². The maximum Gasteiger partial charge on any atom is 0.171 e. The highest BCUT2D eigenvalue weighted by Crippen LogP contribution is 2.22. The summed E-state index contributed by atoms with van der Waals surface area (Å²) >= 11 is 3.41. The molecule has 14 heavy (non-hydrogen) atoms. The molecule has 0 N–H and O–H groups in total. The van der Waals surface area contributed by atoms with Crippen molar-refractivity contribution in [2.75, 3.05) is 5.75 Å². The molecule has 1 heterocycles. The Morgan fingerprint density at radius 1 is 1.57 bits per heavy atom. The minimum absolute atomic E-state index is 0.131. The standard InChI is InChI=1S/C10H15NOS2/c1-4-5-13-6-9-11-7(2)10(14-9)8(3)12/h4-6H2,1-3H3. The molecule has 4 heteroatoms. The number of thiazole rings is 1. The largest absolute Gasteiger partial charge is 0.294 e. The summed E-state index contributed by atoms with van der Waals surface area (Å²) in [5.41, 5.74) is 0.884.